The third-order valence-corrected chi connectivity index (χ3v) is 3.90. The molecule has 20 heavy (non-hydrogen) atoms. The molecule has 0 aromatic heterocycles. The van der Waals surface area contributed by atoms with E-state index in [0.717, 1.165) is 9.37 Å². The first-order valence-electron chi connectivity index (χ1n) is 6.10. The first kappa shape index (κ1) is 15.3. The van der Waals surface area contributed by atoms with Crippen molar-refractivity contribution in [2.45, 2.75) is 11.8 Å². The average molecular weight is 351 g/mol. The zero-order valence-corrected chi connectivity index (χ0v) is 13.7. The first-order chi connectivity index (χ1) is 9.69. The molecule has 2 aromatic rings. The Bertz CT molecular complexity index is 594. The van der Waals surface area contributed by atoms with Gasteiger partial charge in [0.15, 0.2) is 0 Å². The lowest BCUT2D eigenvalue weighted by atomic mass is 10.0. The highest BCUT2D eigenvalue weighted by Gasteiger charge is 1.99. The van der Waals surface area contributed by atoms with Crippen molar-refractivity contribution in [3.63, 3.8) is 0 Å². The van der Waals surface area contributed by atoms with Gasteiger partial charge in [-0.2, -0.15) is 4.33 Å². The highest BCUT2D eigenvalue weighted by molar-refractivity contribution is 9.10. The molecule has 104 valence electrons. The van der Waals surface area contributed by atoms with E-state index in [0.29, 0.717) is 0 Å². The maximum Gasteiger partial charge on any atom is 0.0725 e. The number of benzene rings is 2. The van der Waals surface area contributed by atoms with Crippen molar-refractivity contribution >= 4 is 39.6 Å². The van der Waals surface area contributed by atoms with Crippen molar-refractivity contribution in [2.24, 2.45) is 0 Å². The minimum Gasteiger partial charge on any atom is -0.227 e. The summed E-state index contributed by atoms with van der Waals surface area (Å²) < 4.78 is 5.91. The van der Waals surface area contributed by atoms with Crippen LogP contribution in [-0.2, 0) is 9.22 Å². The molecule has 2 nitrogen and oxygen atoms in total. The van der Waals surface area contributed by atoms with Crippen LogP contribution in [0.3, 0.4) is 0 Å². The lowest BCUT2D eigenvalue weighted by Gasteiger charge is -2.04. The van der Waals surface area contributed by atoms with Crippen LogP contribution in [0, 0.1) is 0 Å². The molecule has 0 atom stereocenters. The van der Waals surface area contributed by atoms with Crippen LogP contribution >= 0.6 is 28.0 Å². The topological polar surface area (TPSA) is 18.5 Å². The minimum atomic E-state index is 1.01. The summed E-state index contributed by atoms with van der Waals surface area (Å²) in [6.45, 7) is 2.11. The van der Waals surface area contributed by atoms with Gasteiger partial charge in [-0.1, -0.05) is 46.3 Å². The molecule has 0 fully saturated rings. The van der Waals surface area contributed by atoms with Gasteiger partial charge in [-0.3, -0.25) is 0 Å². The van der Waals surface area contributed by atoms with Crippen LogP contribution in [0.1, 0.15) is 18.1 Å². The molecule has 0 aliphatic rings. The predicted octanol–water partition coefficient (Wildman–Crippen LogP) is 5.59. The minimum absolute atomic E-state index is 1.01. The molecule has 0 aliphatic heterocycles. The quantitative estimate of drug-likeness (QED) is 0.303. The van der Waals surface area contributed by atoms with Crippen LogP contribution in [0.2, 0.25) is 0 Å². The zero-order valence-electron chi connectivity index (χ0n) is 11.3. The van der Waals surface area contributed by atoms with Crippen molar-refractivity contribution in [1.29, 1.82) is 0 Å². The summed E-state index contributed by atoms with van der Waals surface area (Å²) in [6, 6.07) is 16.4. The fourth-order valence-electron chi connectivity index (χ4n) is 1.78. The van der Waals surface area contributed by atoms with Crippen molar-refractivity contribution in [2.75, 3.05) is 7.11 Å². The van der Waals surface area contributed by atoms with Gasteiger partial charge < -0.3 is 0 Å². The Balaban J connectivity index is 2.14. The Morgan fingerprint density at radius 1 is 1.15 bits per heavy atom. The fourth-order valence-corrected chi connectivity index (χ4v) is 2.59. The predicted molar refractivity (Wildman–Crippen MR) is 88.1 cm³/mol. The normalized spacial score (nSPS) is 11.7. The van der Waals surface area contributed by atoms with E-state index in [1.54, 1.807) is 0 Å². The van der Waals surface area contributed by atoms with E-state index in [1.165, 1.54) is 35.9 Å². The molecule has 0 N–H and O–H groups in total. The van der Waals surface area contributed by atoms with E-state index in [-0.39, 0.29) is 0 Å². The van der Waals surface area contributed by atoms with Gasteiger partial charge in [0.05, 0.1) is 19.2 Å². The van der Waals surface area contributed by atoms with E-state index in [2.05, 4.69) is 58.1 Å². The summed E-state index contributed by atoms with van der Waals surface area (Å²) in [7, 11) is 1.49. The molecule has 0 amide bonds. The summed E-state index contributed by atoms with van der Waals surface area (Å²) in [5, 5.41) is 0. The van der Waals surface area contributed by atoms with Gasteiger partial charge in [0.2, 0.25) is 0 Å². The average Bonchev–Trinajstić information content (AvgIpc) is 2.45. The number of rotatable bonds is 5. The SMILES string of the molecule is COOSc1ccc(/C(C)=C\c2cccc(Br)c2)cc1. The maximum atomic E-state index is 4.83. The summed E-state index contributed by atoms with van der Waals surface area (Å²) >= 11 is 4.68. The molecule has 0 radical (unpaired) electrons. The molecule has 2 rings (SSSR count). The van der Waals surface area contributed by atoms with Gasteiger partial charge in [-0.25, -0.2) is 4.89 Å². The second-order valence-electron chi connectivity index (χ2n) is 4.22. The van der Waals surface area contributed by atoms with Crippen molar-refractivity contribution in [3.05, 3.63) is 64.1 Å². The fraction of sp³-hybridized carbons (Fsp3) is 0.125. The van der Waals surface area contributed by atoms with Crippen LogP contribution in [0.5, 0.6) is 0 Å². The molecule has 0 bridgehead atoms. The maximum absolute atomic E-state index is 4.83. The lowest BCUT2D eigenvalue weighted by molar-refractivity contribution is -0.160. The summed E-state index contributed by atoms with van der Waals surface area (Å²) in [6.07, 6.45) is 2.17. The summed E-state index contributed by atoms with van der Waals surface area (Å²) in [5.41, 5.74) is 3.58. The van der Waals surface area contributed by atoms with Gasteiger partial charge >= 0.3 is 0 Å². The number of halogens is 1. The van der Waals surface area contributed by atoms with Crippen LogP contribution in [0.25, 0.3) is 11.6 Å². The highest BCUT2D eigenvalue weighted by atomic mass is 79.9. The Hall–Kier alpha value is -1.07. The Labute approximate surface area is 132 Å². The Kier molecular flexibility index (Phi) is 5.86. The monoisotopic (exact) mass is 350 g/mol. The van der Waals surface area contributed by atoms with E-state index in [1.807, 2.05) is 24.3 Å². The third kappa shape index (κ3) is 4.49. The van der Waals surface area contributed by atoms with E-state index in [9.17, 15) is 0 Å². The largest absolute Gasteiger partial charge is 0.227 e. The zero-order chi connectivity index (χ0) is 14.4. The van der Waals surface area contributed by atoms with Gasteiger partial charge in [-0.15, -0.1) is 0 Å². The van der Waals surface area contributed by atoms with Crippen molar-refractivity contribution in [3.8, 4) is 0 Å². The van der Waals surface area contributed by atoms with Crippen LogP contribution in [0.15, 0.2) is 57.9 Å². The second-order valence-corrected chi connectivity index (χ2v) is 5.91. The van der Waals surface area contributed by atoms with E-state index >= 15 is 0 Å². The first-order valence-corrected chi connectivity index (χ1v) is 7.64. The van der Waals surface area contributed by atoms with Gasteiger partial charge in [0.1, 0.15) is 0 Å². The van der Waals surface area contributed by atoms with Gasteiger partial charge in [-0.05, 0) is 47.9 Å². The highest BCUT2D eigenvalue weighted by Crippen LogP contribution is 2.24. The number of allylic oxidation sites excluding steroid dienone is 1. The third-order valence-electron chi connectivity index (χ3n) is 2.74. The molecule has 0 heterocycles. The smallest absolute Gasteiger partial charge is 0.0725 e. The molecular formula is C16H15BrO2S. The van der Waals surface area contributed by atoms with Gasteiger partial charge in [0, 0.05) is 9.37 Å². The molecule has 4 heteroatoms. The molecular weight excluding hydrogens is 336 g/mol. The molecule has 0 unspecified atom stereocenters. The Morgan fingerprint density at radius 3 is 2.55 bits per heavy atom. The van der Waals surface area contributed by atoms with Crippen molar-refractivity contribution < 1.29 is 9.22 Å². The summed E-state index contributed by atoms with van der Waals surface area (Å²) in [5.74, 6) is 0. The van der Waals surface area contributed by atoms with Crippen LogP contribution in [0.4, 0.5) is 0 Å². The molecule has 0 spiro atoms. The molecule has 2 aromatic carbocycles. The Morgan fingerprint density at radius 2 is 1.90 bits per heavy atom. The van der Waals surface area contributed by atoms with Crippen LogP contribution in [-0.4, -0.2) is 7.11 Å². The summed E-state index contributed by atoms with van der Waals surface area (Å²) in [4.78, 5) is 5.57. The number of hydrogen-bond acceptors (Lipinski definition) is 3. The van der Waals surface area contributed by atoms with Gasteiger partial charge in [0.25, 0.3) is 0 Å². The molecule has 0 saturated carbocycles. The molecule has 0 aliphatic carbocycles. The lowest BCUT2D eigenvalue weighted by Crippen LogP contribution is -1.82. The second kappa shape index (κ2) is 7.64. The number of hydrogen-bond donors (Lipinski definition) is 0. The van der Waals surface area contributed by atoms with Crippen LogP contribution < -0.4 is 0 Å². The standard InChI is InChI=1S/C16H15BrO2S/c1-12(10-13-4-3-5-15(17)11-13)14-6-8-16(9-7-14)20-19-18-2/h3-11H,1-2H3/b12-10-. The van der Waals surface area contributed by atoms with E-state index < -0.39 is 0 Å². The van der Waals surface area contributed by atoms with Crippen molar-refractivity contribution in [1.82, 2.24) is 0 Å². The van der Waals surface area contributed by atoms with E-state index in [4.69, 9.17) is 4.33 Å². The molecule has 0 saturated heterocycles.